The molecule has 1 atom stereocenters. The summed E-state index contributed by atoms with van der Waals surface area (Å²) in [5.74, 6) is 0.333. The Morgan fingerprint density at radius 2 is 1.95 bits per heavy atom. The molecule has 1 unspecified atom stereocenters. The summed E-state index contributed by atoms with van der Waals surface area (Å²) in [5, 5.41) is 10.3. The third-order valence-corrected chi connectivity index (χ3v) is 3.44. The number of hydrogen-bond donors (Lipinski definition) is 1. The smallest absolute Gasteiger partial charge is 0.416 e. The Morgan fingerprint density at radius 1 is 1.30 bits per heavy atom. The zero-order chi connectivity index (χ0) is 14.8. The van der Waals surface area contributed by atoms with Gasteiger partial charge in [-0.1, -0.05) is 0 Å². The Bertz CT molecular complexity index is 447. The molecule has 0 aromatic heterocycles. The number of likely N-dealkylation sites (tertiary alicyclic amines) is 1. The summed E-state index contributed by atoms with van der Waals surface area (Å²) in [6, 6.07) is 4.51. The number of rotatable bonds is 3. The number of ether oxygens (including phenoxy) is 1. The van der Waals surface area contributed by atoms with E-state index in [9.17, 15) is 18.3 Å². The second kappa shape index (κ2) is 5.61. The Hall–Kier alpha value is -1.27. The van der Waals surface area contributed by atoms with Gasteiger partial charge in [0, 0.05) is 6.54 Å². The molecule has 0 amide bonds. The minimum absolute atomic E-state index is 0.0860. The van der Waals surface area contributed by atoms with E-state index in [1.165, 1.54) is 12.1 Å². The molecule has 1 heterocycles. The van der Waals surface area contributed by atoms with Crippen LogP contribution in [-0.2, 0) is 6.18 Å². The van der Waals surface area contributed by atoms with Crippen molar-refractivity contribution in [3.63, 3.8) is 0 Å². The van der Waals surface area contributed by atoms with Gasteiger partial charge in [-0.05, 0) is 50.7 Å². The van der Waals surface area contributed by atoms with Gasteiger partial charge >= 0.3 is 6.18 Å². The Kier molecular flexibility index (Phi) is 4.25. The molecule has 0 bridgehead atoms. The van der Waals surface area contributed by atoms with Crippen molar-refractivity contribution in [2.24, 2.45) is 0 Å². The fraction of sp³-hybridized carbons (Fsp3) is 0.571. The van der Waals surface area contributed by atoms with Gasteiger partial charge in [-0.25, -0.2) is 0 Å². The van der Waals surface area contributed by atoms with E-state index in [2.05, 4.69) is 0 Å². The van der Waals surface area contributed by atoms with Crippen LogP contribution in [0.2, 0.25) is 0 Å². The lowest BCUT2D eigenvalue weighted by Crippen LogP contribution is -2.50. The molecular formula is C14H18F3NO2. The fourth-order valence-corrected chi connectivity index (χ4v) is 2.41. The van der Waals surface area contributed by atoms with E-state index in [4.69, 9.17) is 4.74 Å². The minimum Gasteiger partial charge on any atom is -0.491 e. The molecule has 2 rings (SSSR count). The predicted octanol–water partition coefficient (Wildman–Crippen LogP) is 2.54. The van der Waals surface area contributed by atoms with Gasteiger partial charge in [0.15, 0.2) is 0 Å². The van der Waals surface area contributed by atoms with Crippen LogP contribution in [0.25, 0.3) is 0 Å². The maximum atomic E-state index is 12.4. The van der Waals surface area contributed by atoms with Gasteiger partial charge in [-0.3, -0.25) is 0 Å². The molecule has 20 heavy (non-hydrogen) atoms. The van der Waals surface area contributed by atoms with E-state index in [-0.39, 0.29) is 6.61 Å². The number of piperidine rings is 1. The number of benzene rings is 1. The maximum Gasteiger partial charge on any atom is 0.416 e. The van der Waals surface area contributed by atoms with Gasteiger partial charge in [-0.2, -0.15) is 13.2 Å². The molecule has 0 spiro atoms. The number of likely N-dealkylation sites (N-methyl/N-ethyl adjacent to an activating group) is 1. The van der Waals surface area contributed by atoms with Crippen LogP contribution in [0.5, 0.6) is 5.75 Å². The van der Waals surface area contributed by atoms with Crippen LogP contribution in [0.15, 0.2) is 24.3 Å². The largest absolute Gasteiger partial charge is 0.491 e. The van der Waals surface area contributed by atoms with Gasteiger partial charge in [0.2, 0.25) is 0 Å². The van der Waals surface area contributed by atoms with Crippen molar-refractivity contribution in [3.05, 3.63) is 29.8 Å². The Labute approximate surface area is 116 Å². The SMILES string of the molecule is CN1CCCC(O)(COc2ccc(C(F)(F)F)cc2)C1. The average molecular weight is 289 g/mol. The van der Waals surface area contributed by atoms with Crippen LogP contribution in [0.3, 0.4) is 0 Å². The molecule has 6 heteroatoms. The van der Waals surface area contributed by atoms with Crippen LogP contribution in [0.1, 0.15) is 18.4 Å². The zero-order valence-electron chi connectivity index (χ0n) is 11.3. The molecule has 1 aromatic carbocycles. The number of aliphatic hydroxyl groups is 1. The number of β-amino-alcohol motifs (C(OH)–C–C–N with tert-alkyl or cyclic N) is 1. The van der Waals surface area contributed by atoms with Gasteiger partial charge in [0.25, 0.3) is 0 Å². The molecule has 1 aliphatic heterocycles. The van der Waals surface area contributed by atoms with Crippen molar-refractivity contribution in [2.75, 3.05) is 26.7 Å². The highest BCUT2D eigenvalue weighted by atomic mass is 19.4. The normalized spacial score (nSPS) is 24.6. The van der Waals surface area contributed by atoms with Gasteiger partial charge in [0.1, 0.15) is 18.0 Å². The Balaban J connectivity index is 1.94. The summed E-state index contributed by atoms with van der Waals surface area (Å²) in [5.41, 5.74) is -1.64. The van der Waals surface area contributed by atoms with Gasteiger partial charge in [0.05, 0.1) is 5.56 Å². The van der Waals surface area contributed by atoms with Crippen LogP contribution >= 0.6 is 0 Å². The first-order chi connectivity index (χ1) is 9.28. The topological polar surface area (TPSA) is 32.7 Å². The van der Waals surface area contributed by atoms with Gasteiger partial charge < -0.3 is 14.7 Å². The molecule has 1 N–H and O–H groups in total. The molecular weight excluding hydrogens is 271 g/mol. The van der Waals surface area contributed by atoms with Crippen molar-refractivity contribution < 1.29 is 23.0 Å². The minimum atomic E-state index is -4.34. The van der Waals surface area contributed by atoms with E-state index in [0.29, 0.717) is 18.7 Å². The number of halogens is 3. The average Bonchev–Trinajstić information content (AvgIpc) is 2.36. The molecule has 1 fully saturated rings. The molecule has 1 aromatic rings. The third-order valence-electron chi connectivity index (χ3n) is 3.44. The first kappa shape index (κ1) is 15.1. The van der Waals surface area contributed by atoms with Crippen molar-refractivity contribution in [1.82, 2.24) is 4.90 Å². The van der Waals surface area contributed by atoms with E-state index in [1.54, 1.807) is 0 Å². The standard InChI is InChI=1S/C14H18F3NO2/c1-18-8-2-7-13(19,9-18)10-20-12-5-3-11(4-6-12)14(15,16)17/h3-6,19H,2,7-10H2,1H3. The monoisotopic (exact) mass is 289 g/mol. The van der Waals surface area contributed by atoms with Crippen LogP contribution in [0, 0.1) is 0 Å². The highest BCUT2D eigenvalue weighted by molar-refractivity contribution is 5.28. The first-order valence-electron chi connectivity index (χ1n) is 6.50. The third kappa shape index (κ3) is 3.86. The Morgan fingerprint density at radius 3 is 2.50 bits per heavy atom. The lowest BCUT2D eigenvalue weighted by atomic mass is 9.94. The molecule has 1 saturated heterocycles. The highest BCUT2D eigenvalue weighted by Gasteiger charge is 2.33. The summed E-state index contributed by atoms with van der Waals surface area (Å²) >= 11 is 0. The summed E-state index contributed by atoms with van der Waals surface area (Å²) < 4.78 is 42.7. The van der Waals surface area contributed by atoms with E-state index in [0.717, 1.165) is 25.1 Å². The molecule has 0 saturated carbocycles. The summed E-state index contributed by atoms with van der Waals surface area (Å²) in [6.45, 7) is 1.53. The first-order valence-corrected chi connectivity index (χ1v) is 6.50. The quantitative estimate of drug-likeness (QED) is 0.928. The number of nitrogens with zero attached hydrogens (tertiary/aromatic N) is 1. The maximum absolute atomic E-state index is 12.4. The van der Waals surface area contributed by atoms with Crippen LogP contribution in [0.4, 0.5) is 13.2 Å². The molecule has 1 aliphatic rings. The van der Waals surface area contributed by atoms with Crippen molar-refractivity contribution in [2.45, 2.75) is 24.6 Å². The van der Waals surface area contributed by atoms with Crippen molar-refractivity contribution in [3.8, 4) is 5.75 Å². The van der Waals surface area contributed by atoms with E-state index in [1.807, 2.05) is 11.9 Å². The second-order valence-electron chi connectivity index (χ2n) is 5.38. The van der Waals surface area contributed by atoms with Crippen LogP contribution in [-0.4, -0.2) is 42.4 Å². The summed E-state index contributed by atoms with van der Waals surface area (Å²) in [7, 11) is 1.92. The van der Waals surface area contributed by atoms with Gasteiger partial charge in [-0.15, -0.1) is 0 Å². The second-order valence-corrected chi connectivity index (χ2v) is 5.38. The molecule has 3 nitrogen and oxygen atoms in total. The highest BCUT2D eigenvalue weighted by Crippen LogP contribution is 2.30. The predicted molar refractivity (Wildman–Crippen MR) is 68.6 cm³/mol. The van der Waals surface area contributed by atoms with E-state index < -0.39 is 17.3 Å². The van der Waals surface area contributed by atoms with Crippen molar-refractivity contribution >= 4 is 0 Å². The fourth-order valence-electron chi connectivity index (χ4n) is 2.41. The molecule has 112 valence electrons. The zero-order valence-corrected chi connectivity index (χ0v) is 11.3. The lowest BCUT2D eigenvalue weighted by Gasteiger charge is -2.37. The summed E-state index contributed by atoms with van der Waals surface area (Å²) in [6.07, 6.45) is -2.83. The number of alkyl halides is 3. The van der Waals surface area contributed by atoms with Crippen molar-refractivity contribution in [1.29, 1.82) is 0 Å². The number of hydrogen-bond acceptors (Lipinski definition) is 3. The lowest BCUT2D eigenvalue weighted by molar-refractivity contribution is -0.137. The van der Waals surface area contributed by atoms with Crippen LogP contribution < -0.4 is 4.74 Å². The molecule has 0 aliphatic carbocycles. The van der Waals surface area contributed by atoms with E-state index >= 15 is 0 Å². The summed E-state index contributed by atoms with van der Waals surface area (Å²) in [4.78, 5) is 2.01. The molecule has 0 radical (unpaired) electrons.